The van der Waals surface area contributed by atoms with Gasteiger partial charge in [0.15, 0.2) is 0 Å². The first-order chi connectivity index (χ1) is 10.2. The normalized spacial score (nSPS) is 12.3. The van der Waals surface area contributed by atoms with Gasteiger partial charge in [-0.3, -0.25) is 4.98 Å². The fourth-order valence-electron chi connectivity index (χ4n) is 2.22. The van der Waals surface area contributed by atoms with E-state index in [-0.39, 0.29) is 0 Å². The number of hydrogen-bond acceptors (Lipinski definition) is 5. The average molecular weight is 305 g/mol. The zero-order chi connectivity index (χ0) is 15.1. The quantitative estimate of drug-likeness (QED) is 0.810. The Bertz CT molecular complexity index is 539. The van der Waals surface area contributed by atoms with Crippen molar-refractivity contribution in [2.24, 2.45) is 0 Å². The van der Waals surface area contributed by atoms with E-state index in [0.29, 0.717) is 12.6 Å². The second-order valence-electron chi connectivity index (χ2n) is 4.90. The van der Waals surface area contributed by atoms with Crippen LogP contribution in [0.15, 0.2) is 23.8 Å². The number of ether oxygens (including phenoxy) is 1. The van der Waals surface area contributed by atoms with E-state index in [0.717, 1.165) is 36.5 Å². The number of rotatable bonds is 8. The summed E-state index contributed by atoms with van der Waals surface area (Å²) in [6.45, 7) is 7.92. The maximum atomic E-state index is 5.76. The summed E-state index contributed by atoms with van der Waals surface area (Å²) in [7, 11) is 0. The van der Waals surface area contributed by atoms with Gasteiger partial charge in [-0.1, -0.05) is 13.8 Å². The van der Waals surface area contributed by atoms with Crippen molar-refractivity contribution in [3.63, 3.8) is 0 Å². The summed E-state index contributed by atoms with van der Waals surface area (Å²) in [5, 5.41) is 3.43. The Morgan fingerprint density at radius 3 is 2.71 bits per heavy atom. The summed E-state index contributed by atoms with van der Waals surface area (Å²) in [4.78, 5) is 10.0. The molecule has 0 aromatic carbocycles. The van der Waals surface area contributed by atoms with Gasteiger partial charge in [-0.2, -0.15) is 0 Å². The highest BCUT2D eigenvalue weighted by Crippen LogP contribution is 2.18. The molecular formula is C16H23N3OS. The third-order valence-corrected chi connectivity index (χ3v) is 4.41. The van der Waals surface area contributed by atoms with E-state index in [1.54, 1.807) is 11.3 Å². The number of nitrogens with one attached hydrogen (secondary N) is 1. The van der Waals surface area contributed by atoms with Crippen molar-refractivity contribution in [3.8, 4) is 5.75 Å². The Labute approximate surface area is 130 Å². The first-order valence-electron chi connectivity index (χ1n) is 7.45. The molecule has 2 aromatic heterocycles. The molecule has 1 atom stereocenters. The topological polar surface area (TPSA) is 47.0 Å². The van der Waals surface area contributed by atoms with Crippen molar-refractivity contribution in [1.29, 1.82) is 0 Å². The van der Waals surface area contributed by atoms with Crippen LogP contribution >= 0.6 is 11.3 Å². The second kappa shape index (κ2) is 8.10. The Morgan fingerprint density at radius 1 is 1.29 bits per heavy atom. The fourth-order valence-corrected chi connectivity index (χ4v) is 2.98. The van der Waals surface area contributed by atoms with Gasteiger partial charge in [-0.15, -0.1) is 11.3 Å². The molecule has 4 nitrogen and oxygen atoms in total. The molecule has 0 aliphatic heterocycles. The lowest BCUT2D eigenvalue weighted by Crippen LogP contribution is -2.20. The molecule has 0 saturated heterocycles. The van der Waals surface area contributed by atoms with Crippen molar-refractivity contribution in [3.05, 3.63) is 40.1 Å². The first-order valence-corrected chi connectivity index (χ1v) is 8.33. The summed E-state index contributed by atoms with van der Waals surface area (Å²) in [6.07, 6.45) is 3.74. The third kappa shape index (κ3) is 4.51. The predicted octanol–water partition coefficient (Wildman–Crippen LogP) is 3.53. The molecule has 0 amide bonds. The molecule has 0 bridgehead atoms. The van der Waals surface area contributed by atoms with Crippen LogP contribution in [0.1, 0.15) is 42.6 Å². The smallest absolute Gasteiger partial charge is 0.137 e. The van der Waals surface area contributed by atoms with Gasteiger partial charge in [0, 0.05) is 17.3 Å². The van der Waals surface area contributed by atoms with Crippen LogP contribution in [0.2, 0.25) is 0 Å². The fraction of sp³-hybridized carbons (Fsp3) is 0.500. The van der Waals surface area contributed by atoms with Crippen LogP contribution in [0.5, 0.6) is 5.75 Å². The average Bonchev–Trinajstić information content (AvgIpc) is 2.91. The number of aryl methyl sites for hydroxylation is 1. The van der Waals surface area contributed by atoms with Crippen LogP contribution in [0, 0.1) is 6.92 Å². The van der Waals surface area contributed by atoms with E-state index in [1.165, 1.54) is 4.88 Å². The predicted molar refractivity (Wildman–Crippen MR) is 87.0 cm³/mol. The van der Waals surface area contributed by atoms with Gasteiger partial charge in [0.2, 0.25) is 0 Å². The van der Waals surface area contributed by atoms with Gasteiger partial charge >= 0.3 is 0 Å². The summed E-state index contributed by atoms with van der Waals surface area (Å²) in [6, 6.07) is 4.37. The molecule has 0 aliphatic rings. The highest BCUT2D eigenvalue weighted by atomic mass is 32.1. The van der Waals surface area contributed by atoms with Gasteiger partial charge in [0.25, 0.3) is 0 Å². The molecule has 2 rings (SSSR count). The van der Waals surface area contributed by atoms with E-state index >= 15 is 0 Å². The largest absolute Gasteiger partial charge is 0.492 e. The number of nitrogens with zero attached hydrogens (tertiary/aromatic N) is 2. The number of hydrogen-bond donors (Lipinski definition) is 1. The SMILES string of the molecule is CCNC(CC)c1ccc(OCCc2scnc2C)cn1. The minimum absolute atomic E-state index is 0.323. The standard InChI is InChI=1S/C16H23N3OS/c1-4-14(17-5-2)15-7-6-13(10-18-15)20-9-8-16-12(3)19-11-21-16/h6-7,10-11,14,17H,4-5,8-9H2,1-3H3. The van der Waals surface area contributed by atoms with Crippen molar-refractivity contribution in [1.82, 2.24) is 15.3 Å². The number of pyridine rings is 1. The van der Waals surface area contributed by atoms with Crippen molar-refractivity contribution < 1.29 is 4.74 Å². The van der Waals surface area contributed by atoms with E-state index in [2.05, 4.69) is 29.1 Å². The van der Waals surface area contributed by atoms with Crippen LogP contribution in [0.25, 0.3) is 0 Å². The molecule has 5 heteroatoms. The lowest BCUT2D eigenvalue weighted by molar-refractivity contribution is 0.321. The molecule has 0 fully saturated rings. The lowest BCUT2D eigenvalue weighted by Gasteiger charge is -2.15. The van der Waals surface area contributed by atoms with Gasteiger partial charge in [-0.25, -0.2) is 4.98 Å². The zero-order valence-corrected chi connectivity index (χ0v) is 13.7. The Morgan fingerprint density at radius 2 is 2.14 bits per heavy atom. The van der Waals surface area contributed by atoms with Crippen LogP contribution in [-0.4, -0.2) is 23.1 Å². The molecule has 0 aliphatic carbocycles. The lowest BCUT2D eigenvalue weighted by atomic mass is 10.1. The van der Waals surface area contributed by atoms with Gasteiger partial charge in [0.05, 0.1) is 29.7 Å². The van der Waals surface area contributed by atoms with Crippen molar-refractivity contribution in [2.45, 2.75) is 39.7 Å². The van der Waals surface area contributed by atoms with Crippen LogP contribution < -0.4 is 10.1 Å². The van der Waals surface area contributed by atoms with Crippen molar-refractivity contribution >= 4 is 11.3 Å². The monoisotopic (exact) mass is 305 g/mol. The van der Waals surface area contributed by atoms with E-state index in [4.69, 9.17) is 4.74 Å². The summed E-state index contributed by atoms with van der Waals surface area (Å²) >= 11 is 1.68. The van der Waals surface area contributed by atoms with Crippen molar-refractivity contribution in [2.75, 3.05) is 13.2 Å². The second-order valence-corrected chi connectivity index (χ2v) is 5.84. The van der Waals surface area contributed by atoms with Gasteiger partial charge in [-0.05, 0) is 32.0 Å². The maximum absolute atomic E-state index is 5.76. The summed E-state index contributed by atoms with van der Waals surface area (Å²) < 4.78 is 5.76. The Hall–Kier alpha value is -1.46. The molecule has 1 N–H and O–H groups in total. The minimum atomic E-state index is 0.323. The Balaban J connectivity index is 1.86. The third-order valence-electron chi connectivity index (χ3n) is 3.42. The molecule has 1 unspecified atom stereocenters. The molecule has 2 aromatic rings. The van der Waals surface area contributed by atoms with E-state index in [1.807, 2.05) is 30.8 Å². The zero-order valence-electron chi connectivity index (χ0n) is 12.9. The highest BCUT2D eigenvalue weighted by molar-refractivity contribution is 7.09. The first kappa shape index (κ1) is 15.9. The summed E-state index contributed by atoms with van der Waals surface area (Å²) in [5.74, 6) is 0.826. The van der Waals surface area contributed by atoms with Crippen LogP contribution in [0.4, 0.5) is 0 Å². The van der Waals surface area contributed by atoms with Crippen LogP contribution in [-0.2, 0) is 6.42 Å². The maximum Gasteiger partial charge on any atom is 0.137 e. The molecular weight excluding hydrogens is 282 g/mol. The number of thiazole rings is 1. The van der Waals surface area contributed by atoms with E-state index in [9.17, 15) is 0 Å². The van der Waals surface area contributed by atoms with E-state index < -0.39 is 0 Å². The molecule has 114 valence electrons. The molecule has 0 radical (unpaired) electrons. The molecule has 2 heterocycles. The van der Waals surface area contributed by atoms with Gasteiger partial charge in [0.1, 0.15) is 5.75 Å². The molecule has 0 spiro atoms. The minimum Gasteiger partial charge on any atom is -0.492 e. The Kier molecular flexibility index (Phi) is 6.14. The van der Waals surface area contributed by atoms with Gasteiger partial charge < -0.3 is 10.1 Å². The van der Waals surface area contributed by atoms with Crippen LogP contribution in [0.3, 0.4) is 0 Å². The molecule has 21 heavy (non-hydrogen) atoms. The molecule has 0 saturated carbocycles. The number of aromatic nitrogens is 2. The highest BCUT2D eigenvalue weighted by Gasteiger charge is 2.09. The summed E-state index contributed by atoms with van der Waals surface area (Å²) in [5.41, 5.74) is 4.06.